The summed E-state index contributed by atoms with van der Waals surface area (Å²) in [5.41, 5.74) is 0.0797. The Morgan fingerprint density at radius 3 is 2.38 bits per heavy atom. The van der Waals surface area contributed by atoms with E-state index in [0.29, 0.717) is 11.3 Å². The third-order valence-corrected chi connectivity index (χ3v) is 7.62. The lowest BCUT2D eigenvalue weighted by atomic mass is 9.63. The van der Waals surface area contributed by atoms with Crippen molar-refractivity contribution in [2.45, 2.75) is 76.9 Å². The minimum atomic E-state index is -0.411. The van der Waals surface area contributed by atoms with Crippen LogP contribution in [0, 0.1) is 17.3 Å². The van der Waals surface area contributed by atoms with Crippen LogP contribution in [-0.2, 0) is 4.74 Å². The number of ether oxygens (including phenoxy) is 1. The van der Waals surface area contributed by atoms with E-state index < -0.39 is 5.60 Å². The van der Waals surface area contributed by atoms with Gasteiger partial charge in [0.15, 0.2) is 0 Å². The van der Waals surface area contributed by atoms with Crippen molar-refractivity contribution >= 4 is 11.8 Å². The molecule has 122 valence electrons. The average molecular weight is 313 g/mol. The zero-order valence-corrected chi connectivity index (χ0v) is 14.8. The van der Waals surface area contributed by atoms with E-state index in [2.05, 4.69) is 20.8 Å². The highest BCUT2D eigenvalue weighted by molar-refractivity contribution is 7.99. The van der Waals surface area contributed by atoms with Crippen LogP contribution in [0.2, 0.25) is 0 Å². The summed E-state index contributed by atoms with van der Waals surface area (Å²) in [4.78, 5) is 0. The summed E-state index contributed by atoms with van der Waals surface area (Å²) in [6, 6.07) is 0. The van der Waals surface area contributed by atoms with Gasteiger partial charge in [0.1, 0.15) is 0 Å². The fourth-order valence-corrected chi connectivity index (χ4v) is 6.12. The van der Waals surface area contributed by atoms with Gasteiger partial charge in [-0.2, -0.15) is 11.8 Å². The summed E-state index contributed by atoms with van der Waals surface area (Å²) < 4.78 is 6.14. The second-order valence-electron chi connectivity index (χ2n) is 8.77. The summed E-state index contributed by atoms with van der Waals surface area (Å²) in [6.07, 6.45) is 7.73. The van der Waals surface area contributed by atoms with Gasteiger partial charge in [0.2, 0.25) is 0 Å². The Morgan fingerprint density at radius 1 is 1.10 bits per heavy atom. The highest BCUT2D eigenvalue weighted by Gasteiger charge is 2.49. The molecule has 1 aliphatic carbocycles. The van der Waals surface area contributed by atoms with Gasteiger partial charge in [0, 0.05) is 12.4 Å². The van der Waals surface area contributed by atoms with Crippen LogP contribution in [0.4, 0.5) is 0 Å². The number of hydrogen-bond donors (Lipinski definition) is 1. The Morgan fingerprint density at radius 2 is 1.81 bits per heavy atom. The molecule has 2 nitrogen and oxygen atoms in total. The smallest absolute Gasteiger partial charge is 0.0784 e. The van der Waals surface area contributed by atoms with Gasteiger partial charge >= 0.3 is 0 Å². The van der Waals surface area contributed by atoms with E-state index >= 15 is 0 Å². The number of thioether (sulfide) groups is 1. The van der Waals surface area contributed by atoms with Gasteiger partial charge in [-0.25, -0.2) is 0 Å². The van der Waals surface area contributed by atoms with E-state index in [-0.39, 0.29) is 5.60 Å². The molecule has 1 saturated carbocycles. The number of rotatable bonds is 1. The van der Waals surface area contributed by atoms with Crippen LogP contribution in [0.5, 0.6) is 0 Å². The molecule has 0 amide bonds. The van der Waals surface area contributed by atoms with Gasteiger partial charge in [-0.05, 0) is 67.9 Å². The van der Waals surface area contributed by atoms with Gasteiger partial charge in [-0.1, -0.05) is 20.8 Å². The number of hydrogen-bond acceptors (Lipinski definition) is 3. The molecule has 2 unspecified atom stereocenters. The predicted octanol–water partition coefficient (Wildman–Crippen LogP) is 4.26. The molecule has 2 aliphatic heterocycles. The van der Waals surface area contributed by atoms with E-state index in [0.717, 1.165) is 44.0 Å². The van der Waals surface area contributed by atoms with Crippen molar-refractivity contribution in [1.82, 2.24) is 0 Å². The fraction of sp³-hybridized carbons (Fsp3) is 1.00. The molecule has 0 radical (unpaired) electrons. The van der Waals surface area contributed by atoms with Crippen molar-refractivity contribution in [2.24, 2.45) is 17.3 Å². The molecule has 3 fully saturated rings. The Kier molecular flexibility index (Phi) is 4.40. The molecular formula is C18H32O2S. The summed E-state index contributed by atoms with van der Waals surface area (Å²) in [6.45, 7) is 7.90. The number of aliphatic hydroxyl groups is 1. The lowest BCUT2D eigenvalue weighted by Crippen LogP contribution is -2.50. The van der Waals surface area contributed by atoms with E-state index in [4.69, 9.17) is 4.74 Å². The molecule has 21 heavy (non-hydrogen) atoms. The molecule has 0 aromatic rings. The van der Waals surface area contributed by atoms with E-state index in [1.807, 2.05) is 11.8 Å². The summed E-state index contributed by atoms with van der Waals surface area (Å²) in [5, 5.41) is 11.3. The molecule has 0 aromatic heterocycles. The SMILES string of the molecule is CC(C)(C)C1CCC(O)(C2CCOC3(CCSC3)C2)CC1. The molecule has 3 heteroatoms. The van der Waals surface area contributed by atoms with Gasteiger partial charge < -0.3 is 9.84 Å². The zero-order chi connectivity index (χ0) is 15.1. The van der Waals surface area contributed by atoms with Crippen LogP contribution in [-0.4, -0.2) is 34.4 Å². The first-order chi connectivity index (χ1) is 9.83. The first-order valence-corrected chi connectivity index (χ1v) is 9.93. The van der Waals surface area contributed by atoms with Gasteiger partial charge in [-0.3, -0.25) is 0 Å². The fourth-order valence-electron chi connectivity index (χ4n) is 4.74. The normalized spacial score (nSPS) is 45.1. The Labute approximate surface area is 134 Å². The molecular weight excluding hydrogens is 280 g/mol. The molecule has 0 bridgehead atoms. The second kappa shape index (κ2) is 5.72. The maximum atomic E-state index is 11.3. The highest BCUT2D eigenvalue weighted by atomic mass is 32.2. The minimum Gasteiger partial charge on any atom is -0.390 e. The van der Waals surface area contributed by atoms with Crippen molar-refractivity contribution in [1.29, 1.82) is 0 Å². The lowest BCUT2D eigenvalue weighted by molar-refractivity contribution is -0.148. The quantitative estimate of drug-likeness (QED) is 0.784. The second-order valence-corrected chi connectivity index (χ2v) is 9.87. The first kappa shape index (κ1) is 16.1. The molecule has 2 saturated heterocycles. The largest absolute Gasteiger partial charge is 0.390 e. The Balaban J connectivity index is 1.63. The van der Waals surface area contributed by atoms with Crippen molar-refractivity contribution in [3.63, 3.8) is 0 Å². The topological polar surface area (TPSA) is 29.5 Å². The van der Waals surface area contributed by atoms with Crippen molar-refractivity contribution in [2.75, 3.05) is 18.1 Å². The van der Waals surface area contributed by atoms with Crippen LogP contribution in [0.25, 0.3) is 0 Å². The monoisotopic (exact) mass is 312 g/mol. The van der Waals surface area contributed by atoms with E-state index in [1.165, 1.54) is 25.0 Å². The Hall–Kier alpha value is 0.270. The Bertz CT molecular complexity index is 360. The minimum absolute atomic E-state index is 0.101. The molecule has 2 heterocycles. The van der Waals surface area contributed by atoms with Crippen molar-refractivity contribution in [3.05, 3.63) is 0 Å². The third-order valence-electron chi connectivity index (χ3n) is 6.40. The molecule has 3 rings (SSSR count). The average Bonchev–Trinajstić information content (AvgIpc) is 2.86. The van der Waals surface area contributed by atoms with Crippen LogP contribution in [0.3, 0.4) is 0 Å². The summed E-state index contributed by atoms with van der Waals surface area (Å²) in [5.74, 6) is 3.61. The van der Waals surface area contributed by atoms with Gasteiger partial charge in [0.05, 0.1) is 11.2 Å². The maximum Gasteiger partial charge on any atom is 0.0784 e. The zero-order valence-electron chi connectivity index (χ0n) is 14.0. The van der Waals surface area contributed by atoms with Crippen LogP contribution in [0.15, 0.2) is 0 Å². The molecule has 3 aliphatic rings. The molecule has 2 atom stereocenters. The van der Waals surface area contributed by atoms with E-state index in [9.17, 15) is 5.11 Å². The summed E-state index contributed by atoms with van der Waals surface area (Å²) in [7, 11) is 0. The first-order valence-electron chi connectivity index (χ1n) is 8.77. The molecule has 1 N–H and O–H groups in total. The van der Waals surface area contributed by atoms with Crippen molar-refractivity contribution < 1.29 is 9.84 Å². The van der Waals surface area contributed by atoms with Gasteiger partial charge in [0.25, 0.3) is 0 Å². The van der Waals surface area contributed by atoms with Crippen LogP contribution < -0.4 is 0 Å². The molecule has 1 spiro atoms. The molecule has 0 aromatic carbocycles. The van der Waals surface area contributed by atoms with Crippen LogP contribution >= 0.6 is 11.8 Å². The van der Waals surface area contributed by atoms with Gasteiger partial charge in [-0.15, -0.1) is 0 Å². The third kappa shape index (κ3) is 3.30. The van der Waals surface area contributed by atoms with Crippen molar-refractivity contribution in [3.8, 4) is 0 Å². The predicted molar refractivity (Wildman–Crippen MR) is 89.7 cm³/mol. The highest BCUT2D eigenvalue weighted by Crippen LogP contribution is 2.49. The van der Waals surface area contributed by atoms with Crippen LogP contribution in [0.1, 0.15) is 65.7 Å². The van der Waals surface area contributed by atoms with E-state index in [1.54, 1.807) is 0 Å². The lowest BCUT2D eigenvalue weighted by Gasteiger charge is -2.49. The maximum absolute atomic E-state index is 11.3. The standard InChI is InChI=1S/C18H32O2S/c1-16(2,3)14-4-7-18(19,8-5-14)15-6-10-20-17(12-15)9-11-21-13-17/h14-15,19H,4-13H2,1-3H3. The summed E-state index contributed by atoms with van der Waals surface area (Å²) >= 11 is 2.02.